The topological polar surface area (TPSA) is 75.6 Å². The van der Waals surface area contributed by atoms with Gasteiger partial charge in [-0.15, -0.1) is 10.2 Å². The molecule has 0 saturated heterocycles. The SMILES string of the molecule is CCn1cnnc1CNC1CCCc2[nH]c(=O)ccc21. The summed E-state index contributed by atoms with van der Waals surface area (Å²) in [6, 6.07) is 3.82. The summed E-state index contributed by atoms with van der Waals surface area (Å²) < 4.78 is 2.03. The highest BCUT2D eigenvalue weighted by atomic mass is 16.1. The molecule has 1 aliphatic carbocycles. The summed E-state index contributed by atoms with van der Waals surface area (Å²) in [5, 5.41) is 11.6. The first-order valence-electron chi connectivity index (χ1n) is 7.10. The number of aryl methyl sites for hydroxylation is 2. The number of pyridine rings is 1. The van der Waals surface area contributed by atoms with Crippen LogP contribution in [-0.2, 0) is 19.5 Å². The lowest BCUT2D eigenvalue weighted by molar-refractivity contribution is 0.442. The molecule has 2 aromatic heterocycles. The monoisotopic (exact) mass is 273 g/mol. The molecule has 0 aromatic carbocycles. The first-order valence-corrected chi connectivity index (χ1v) is 7.10. The van der Waals surface area contributed by atoms with Gasteiger partial charge in [-0.2, -0.15) is 0 Å². The van der Waals surface area contributed by atoms with Gasteiger partial charge in [-0.1, -0.05) is 6.07 Å². The van der Waals surface area contributed by atoms with Crippen molar-refractivity contribution in [3.05, 3.63) is 45.9 Å². The van der Waals surface area contributed by atoms with Crippen LogP contribution in [0.25, 0.3) is 0 Å². The average molecular weight is 273 g/mol. The molecule has 6 nitrogen and oxygen atoms in total. The molecule has 0 fully saturated rings. The molecule has 2 aromatic rings. The van der Waals surface area contributed by atoms with Gasteiger partial charge in [0.15, 0.2) is 0 Å². The Hall–Kier alpha value is -1.95. The summed E-state index contributed by atoms with van der Waals surface area (Å²) in [7, 11) is 0. The van der Waals surface area contributed by atoms with E-state index in [1.807, 2.05) is 10.6 Å². The summed E-state index contributed by atoms with van der Waals surface area (Å²) in [6.07, 6.45) is 4.88. The first kappa shape index (κ1) is 13.1. The predicted molar refractivity (Wildman–Crippen MR) is 75.3 cm³/mol. The summed E-state index contributed by atoms with van der Waals surface area (Å²) in [4.78, 5) is 14.3. The number of hydrogen-bond acceptors (Lipinski definition) is 4. The van der Waals surface area contributed by atoms with E-state index in [1.54, 1.807) is 12.4 Å². The van der Waals surface area contributed by atoms with Crippen molar-refractivity contribution in [1.82, 2.24) is 25.1 Å². The van der Waals surface area contributed by atoms with Crippen LogP contribution in [0.3, 0.4) is 0 Å². The zero-order chi connectivity index (χ0) is 13.9. The summed E-state index contributed by atoms with van der Waals surface area (Å²) in [6.45, 7) is 3.64. The summed E-state index contributed by atoms with van der Waals surface area (Å²) >= 11 is 0. The second-order valence-corrected chi connectivity index (χ2v) is 5.12. The minimum atomic E-state index is -0.0184. The zero-order valence-corrected chi connectivity index (χ0v) is 11.6. The highest BCUT2D eigenvalue weighted by Crippen LogP contribution is 2.27. The van der Waals surface area contributed by atoms with Gasteiger partial charge < -0.3 is 14.9 Å². The lowest BCUT2D eigenvalue weighted by atomic mass is 9.91. The number of rotatable bonds is 4. The van der Waals surface area contributed by atoms with E-state index in [2.05, 4.69) is 27.4 Å². The Morgan fingerprint density at radius 3 is 3.25 bits per heavy atom. The van der Waals surface area contributed by atoms with E-state index in [1.165, 1.54) is 5.56 Å². The van der Waals surface area contributed by atoms with Gasteiger partial charge in [0, 0.05) is 24.3 Å². The Kier molecular flexibility index (Phi) is 3.64. The molecule has 6 heteroatoms. The summed E-state index contributed by atoms with van der Waals surface area (Å²) in [5.41, 5.74) is 2.26. The molecular formula is C14H19N5O. The maximum atomic E-state index is 11.4. The minimum absolute atomic E-state index is 0.0184. The fourth-order valence-electron chi connectivity index (χ4n) is 2.81. The van der Waals surface area contributed by atoms with Gasteiger partial charge in [0.25, 0.3) is 0 Å². The molecule has 0 radical (unpaired) electrons. The number of fused-ring (bicyclic) bond motifs is 1. The van der Waals surface area contributed by atoms with Crippen LogP contribution in [0.4, 0.5) is 0 Å². The highest BCUT2D eigenvalue weighted by Gasteiger charge is 2.20. The number of H-pyrrole nitrogens is 1. The van der Waals surface area contributed by atoms with E-state index in [4.69, 9.17) is 0 Å². The van der Waals surface area contributed by atoms with Crippen LogP contribution in [0, 0.1) is 0 Å². The van der Waals surface area contributed by atoms with Crippen molar-refractivity contribution in [3.8, 4) is 0 Å². The molecule has 1 unspecified atom stereocenters. The Morgan fingerprint density at radius 1 is 1.50 bits per heavy atom. The van der Waals surface area contributed by atoms with Gasteiger partial charge >= 0.3 is 0 Å². The molecule has 2 heterocycles. The Labute approximate surface area is 117 Å². The normalized spacial score (nSPS) is 17.9. The molecule has 0 spiro atoms. The van der Waals surface area contributed by atoms with Gasteiger partial charge in [-0.25, -0.2) is 0 Å². The molecule has 3 rings (SSSR count). The van der Waals surface area contributed by atoms with E-state index in [0.29, 0.717) is 6.54 Å². The second kappa shape index (κ2) is 5.58. The van der Waals surface area contributed by atoms with Crippen LogP contribution in [0.1, 0.15) is 42.9 Å². The van der Waals surface area contributed by atoms with E-state index in [0.717, 1.165) is 37.3 Å². The molecule has 0 bridgehead atoms. The van der Waals surface area contributed by atoms with Crippen molar-refractivity contribution >= 4 is 0 Å². The molecule has 0 amide bonds. The smallest absolute Gasteiger partial charge is 0.248 e. The van der Waals surface area contributed by atoms with Crippen molar-refractivity contribution < 1.29 is 0 Å². The minimum Gasteiger partial charge on any atom is -0.326 e. The van der Waals surface area contributed by atoms with Crippen molar-refractivity contribution in [1.29, 1.82) is 0 Å². The third-order valence-corrected chi connectivity index (χ3v) is 3.87. The molecular weight excluding hydrogens is 254 g/mol. The molecule has 0 aliphatic heterocycles. The van der Waals surface area contributed by atoms with Gasteiger partial charge in [0.05, 0.1) is 6.54 Å². The third kappa shape index (κ3) is 2.51. The first-order chi connectivity index (χ1) is 9.78. The molecule has 2 N–H and O–H groups in total. The van der Waals surface area contributed by atoms with Crippen molar-refractivity contribution in [3.63, 3.8) is 0 Å². The fraction of sp³-hybridized carbons (Fsp3) is 0.500. The van der Waals surface area contributed by atoms with Gasteiger partial charge in [-0.05, 0) is 31.7 Å². The van der Waals surface area contributed by atoms with Crippen LogP contribution >= 0.6 is 0 Å². The fourth-order valence-corrected chi connectivity index (χ4v) is 2.81. The molecule has 106 valence electrons. The van der Waals surface area contributed by atoms with Crippen LogP contribution < -0.4 is 10.9 Å². The summed E-state index contributed by atoms with van der Waals surface area (Å²) in [5.74, 6) is 0.948. The van der Waals surface area contributed by atoms with Gasteiger partial charge in [0.2, 0.25) is 5.56 Å². The van der Waals surface area contributed by atoms with E-state index in [-0.39, 0.29) is 11.6 Å². The van der Waals surface area contributed by atoms with Crippen LogP contribution in [0.2, 0.25) is 0 Å². The highest BCUT2D eigenvalue weighted by molar-refractivity contribution is 5.26. The molecule has 1 aliphatic rings. The number of aromatic amines is 1. The Morgan fingerprint density at radius 2 is 2.40 bits per heavy atom. The van der Waals surface area contributed by atoms with E-state index < -0.39 is 0 Å². The standard InChI is InChI=1S/C14H19N5O/c1-2-19-9-16-18-13(19)8-15-11-4-3-5-12-10(11)6-7-14(20)17-12/h6-7,9,11,15H,2-5,8H2,1H3,(H,17,20). The lowest BCUT2D eigenvalue weighted by Crippen LogP contribution is -2.28. The van der Waals surface area contributed by atoms with E-state index in [9.17, 15) is 4.79 Å². The van der Waals surface area contributed by atoms with Crippen LogP contribution in [-0.4, -0.2) is 19.7 Å². The molecule has 1 atom stereocenters. The quantitative estimate of drug-likeness (QED) is 0.876. The Bertz CT molecular complexity index is 645. The zero-order valence-electron chi connectivity index (χ0n) is 11.6. The van der Waals surface area contributed by atoms with Crippen molar-refractivity contribution in [2.45, 2.75) is 45.3 Å². The van der Waals surface area contributed by atoms with Crippen LogP contribution in [0.15, 0.2) is 23.3 Å². The Balaban J connectivity index is 1.75. The molecule has 20 heavy (non-hydrogen) atoms. The maximum absolute atomic E-state index is 11.4. The third-order valence-electron chi connectivity index (χ3n) is 3.87. The number of nitrogens with one attached hydrogen (secondary N) is 2. The van der Waals surface area contributed by atoms with E-state index >= 15 is 0 Å². The lowest BCUT2D eigenvalue weighted by Gasteiger charge is -2.25. The van der Waals surface area contributed by atoms with Crippen molar-refractivity contribution in [2.24, 2.45) is 0 Å². The number of aromatic nitrogens is 4. The molecule has 0 saturated carbocycles. The largest absolute Gasteiger partial charge is 0.326 e. The average Bonchev–Trinajstić information content (AvgIpc) is 2.92. The van der Waals surface area contributed by atoms with Gasteiger partial charge in [0.1, 0.15) is 12.2 Å². The van der Waals surface area contributed by atoms with Gasteiger partial charge in [-0.3, -0.25) is 4.79 Å². The van der Waals surface area contributed by atoms with Crippen molar-refractivity contribution in [2.75, 3.05) is 0 Å². The predicted octanol–water partition coefficient (Wildman–Crippen LogP) is 1.15. The second-order valence-electron chi connectivity index (χ2n) is 5.12. The van der Waals surface area contributed by atoms with Crippen LogP contribution in [0.5, 0.6) is 0 Å². The maximum Gasteiger partial charge on any atom is 0.248 e. The number of nitrogens with zero attached hydrogens (tertiary/aromatic N) is 3. The number of hydrogen-bond donors (Lipinski definition) is 2.